The molecule has 0 radical (unpaired) electrons. The summed E-state index contributed by atoms with van der Waals surface area (Å²) in [5.41, 5.74) is 9.60. The predicted octanol–water partition coefficient (Wildman–Crippen LogP) is 2.84. The Morgan fingerprint density at radius 1 is 1.40 bits per heavy atom. The second-order valence-corrected chi connectivity index (χ2v) is 6.59. The van der Waals surface area contributed by atoms with Crippen molar-refractivity contribution in [1.29, 1.82) is 0 Å². The molecule has 132 valence electrons. The van der Waals surface area contributed by atoms with Gasteiger partial charge in [0.2, 0.25) is 5.88 Å². The first-order chi connectivity index (χ1) is 11.9. The van der Waals surface area contributed by atoms with Crippen LogP contribution in [0, 0.1) is 5.92 Å². The van der Waals surface area contributed by atoms with Gasteiger partial charge in [0.25, 0.3) is 0 Å². The Balaban J connectivity index is 1.87. The molecule has 0 spiro atoms. The molecule has 2 aliphatic rings. The minimum absolute atomic E-state index is 0.0809. The fourth-order valence-electron chi connectivity index (χ4n) is 3.47. The van der Waals surface area contributed by atoms with Crippen molar-refractivity contribution >= 4 is 11.9 Å². The molecule has 1 aromatic rings. The Morgan fingerprint density at radius 2 is 2.08 bits per heavy atom. The topological polar surface area (TPSA) is 102 Å². The maximum atomic E-state index is 11.7. The van der Waals surface area contributed by atoms with Crippen molar-refractivity contribution in [3.63, 3.8) is 0 Å². The van der Waals surface area contributed by atoms with E-state index in [1.54, 1.807) is 12.1 Å². The van der Waals surface area contributed by atoms with E-state index in [9.17, 15) is 9.59 Å². The van der Waals surface area contributed by atoms with Gasteiger partial charge < -0.3 is 20.9 Å². The molecule has 2 unspecified atom stereocenters. The molecule has 6 nitrogen and oxygen atoms in total. The van der Waals surface area contributed by atoms with Crippen molar-refractivity contribution in [3.05, 3.63) is 58.2 Å². The van der Waals surface area contributed by atoms with Crippen LogP contribution in [-0.2, 0) is 9.53 Å². The van der Waals surface area contributed by atoms with E-state index < -0.39 is 5.97 Å². The van der Waals surface area contributed by atoms with Gasteiger partial charge in [0.15, 0.2) is 0 Å². The molecule has 0 amide bonds. The number of nitrogens with one attached hydrogen (secondary N) is 1. The minimum Gasteiger partial charge on any atom is -0.478 e. The van der Waals surface area contributed by atoms with E-state index in [-0.39, 0.29) is 23.4 Å². The highest BCUT2D eigenvalue weighted by Gasteiger charge is 2.33. The number of carboxylic acid groups (broad SMARTS) is 1. The highest BCUT2D eigenvalue weighted by molar-refractivity contribution is 5.87. The number of aromatic carboxylic acids is 1. The maximum Gasteiger partial charge on any atom is 0.335 e. The largest absolute Gasteiger partial charge is 0.478 e. The molecule has 0 aromatic heterocycles. The van der Waals surface area contributed by atoms with E-state index in [4.69, 9.17) is 15.6 Å². The van der Waals surface area contributed by atoms with E-state index in [1.807, 2.05) is 19.1 Å². The van der Waals surface area contributed by atoms with Gasteiger partial charge in [0, 0.05) is 5.92 Å². The number of carboxylic acids is 1. The standard InChI is InChI=1S/C19H22N2O4/c1-3-14(11-4-6-12(7-5-11)18(22)23)15-9-13-8-10(2)19(24)25-17(13)21-16(15)20/h4-7,10,14,21H,3,8-9,20H2,1-2H3,(H,22,23). The van der Waals surface area contributed by atoms with Crippen LogP contribution >= 0.6 is 0 Å². The molecule has 2 aliphatic heterocycles. The first-order valence-electron chi connectivity index (χ1n) is 8.43. The number of hydrogen-bond donors (Lipinski definition) is 3. The molecule has 6 heteroatoms. The summed E-state index contributed by atoms with van der Waals surface area (Å²) in [6.45, 7) is 3.93. The Labute approximate surface area is 146 Å². The van der Waals surface area contributed by atoms with Crippen molar-refractivity contribution < 1.29 is 19.4 Å². The molecule has 1 aromatic carbocycles. The highest BCUT2D eigenvalue weighted by Crippen LogP contribution is 2.39. The zero-order valence-corrected chi connectivity index (χ0v) is 14.3. The van der Waals surface area contributed by atoms with Crippen LogP contribution in [-0.4, -0.2) is 17.0 Å². The molecule has 0 bridgehead atoms. The number of benzene rings is 1. The van der Waals surface area contributed by atoms with E-state index in [0.29, 0.717) is 24.5 Å². The third-order valence-corrected chi connectivity index (χ3v) is 4.87. The molecule has 0 fully saturated rings. The fourth-order valence-corrected chi connectivity index (χ4v) is 3.47. The highest BCUT2D eigenvalue weighted by atomic mass is 16.5. The number of allylic oxidation sites excluding steroid dienone is 2. The van der Waals surface area contributed by atoms with Gasteiger partial charge in [0.05, 0.1) is 11.5 Å². The smallest absolute Gasteiger partial charge is 0.335 e. The average molecular weight is 342 g/mol. The number of esters is 1. The molecule has 2 atom stereocenters. The third kappa shape index (κ3) is 3.24. The number of carbonyl (C=O) groups is 2. The number of ether oxygens (including phenoxy) is 1. The molecular formula is C19H22N2O4. The summed E-state index contributed by atoms with van der Waals surface area (Å²) in [5.74, 6) is -0.270. The third-order valence-electron chi connectivity index (χ3n) is 4.87. The lowest BCUT2D eigenvalue weighted by Gasteiger charge is -2.32. The Bertz CT molecular complexity index is 777. The second kappa shape index (κ2) is 6.63. The van der Waals surface area contributed by atoms with Gasteiger partial charge in [-0.05, 0) is 48.1 Å². The number of carbonyl (C=O) groups excluding carboxylic acids is 1. The van der Waals surface area contributed by atoms with E-state index in [1.165, 1.54) is 0 Å². The van der Waals surface area contributed by atoms with Crippen molar-refractivity contribution in [2.24, 2.45) is 11.7 Å². The molecule has 0 saturated heterocycles. The van der Waals surface area contributed by atoms with Gasteiger partial charge in [0.1, 0.15) is 5.82 Å². The van der Waals surface area contributed by atoms with E-state index in [0.717, 1.165) is 23.1 Å². The zero-order valence-electron chi connectivity index (χ0n) is 14.3. The number of dihydropyridines is 1. The van der Waals surface area contributed by atoms with Crippen LogP contribution in [0.1, 0.15) is 54.9 Å². The van der Waals surface area contributed by atoms with Crippen LogP contribution < -0.4 is 11.1 Å². The van der Waals surface area contributed by atoms with Crippen molar-refractivity contribution in [1.82, 2.24) is 5.32 Å². The van der Waals surface area contributed by atoms with Gasteiger partial charge in [-0.2, -0.15) is 0 Å². The number of nitrogens with two attached hydrogens (primary N) is 1. The Kier molecular flexibility index (Phi) is 4.53. The van der Waals surface area contributed by atoms with Gasteiger partial charge in [-0.3, -0.25) is 4.79 Å². The molecule has 2 heterocycles. The van der Waals surface area contributed by atoms with Crippen LogP contribution in [0.15, 0.2) is 47.1 Å². The normalized spacial score (nSPS) is 21.4. The lowest BCUT2D eigenvalue weighted by Crippen LogP contribution is -2.35. The summed E-state index contributed by atoms with van der Waals surface area (Å²) < 4.78 is 5.33. The monoisotopic (exact) mass is 342 g/mol. The summed E-state index contributed by atoms with van der Waals surface area (Å²) in [6, 6.07) is 6.90. The van der Waals surface area contributed by atoms with E-state index in [2.05, 4.69) is 12.2 Å². The summed E-state index contributed by atoms with van der Waals surface area (Å²) in [5, 5.41) is 12.1. The molecule has 0 saturated carbocycles. The average Bonchev–Trinajstić information content (AvgIpc) is 2.58. The van der Waals surface area contributed by atoms with Crippen molar-refractivity contribution in [3.8, 4) is 0 Å². The lowest BCUT2D eigenvalue weighted by atomic mass is 9.82. The summed E-state index contributed by atoms with van der Waals surface area (Å²) in [6.07, 6.45) is 2.15. The quantitative estimate of drug-likeness (QED) is 0.727. The molecule has 25 heavy (non-hydrogen) atoms. The van der Waals surface area contributed by atoms with Crippen LogP contribution in [0.4, 0.5) is 0 Å². The van der Waals surface area contributed by atoms with Crippen molar-refractivity contribution in [2.45, 2.75) is 39.0 Å². The molecule has 3 rings (SSSR count). The molecular weight excluding hydrogens is 320 g/mol. The first kappa shape index (κ1) is 17.1. The van der Waals surface area contributed by atoms with E-state index >= 15 is 0 Å². The number of rotatable bonds is 4. The van der Waals surface area contributed by atoms with Gasteiger partial charge >= 0.3 is 11.9 Å². The zero-order chi connectivity index (χ0) is 18.1. The lowest BCUT2D eigenvalue weighted by molar-refractivity contribution is -0.145. The van der Waals surface area contributed by atoms with Crippen LogP contribution in [0.25, 0.3) is 0 Å². The summed E-state index contributed by atoms with van der Waals surface area (Å²) in [7, 11) is 0. The summed E-state index contributed by atoms with van der Waals surface area (Å²) in [4.78, 5) is 22.8. The minimum atomic E-state index is -0.939. The van der Waals surface area contributed by atoms with Crippen molar-refractivity contribution in [2.75, 3.05) is 0 Å². The first-order valence-corrected chi connectivity index (χ1v) is 8.43. The Hall–Kier alpha value is -2.76. The molecule has 0 aliphatic carbocycles. The molecule has 4 N–H and O–H groups in total. The van der Waals surface area contributed by atoms with Crippen LogP contribution in [0.3, 0.4) is 0 Å². The number of hydrogen-bond acceptors (Lipinski definition) is 5. The van der Waals surface area contributed by atoms with Gasteiger partial charge in [-0.1, -0.05) is 26.0 Å². The van der Waals surface area contributed by atoms with Crippen LogP contribution in [0.2, 0.25) is 0 Å². The van der Waals surface area contributed by atoms with Gasteiger partial charge in [-0.25, -0.2) is 4.79 Å². The maximum absolute atomic E-state index is 11.7. The van der Waals surface area contributed by atoms with Crippen LogP contribution in [0.5, 0.6) is 0 Å². The SMILES string of the molecule is CCC(C1=C(N)NC2=C(C1)CC(C)C(=O)O2)c1ccc(C(=O)O)cc1. The fraction of sp³-hybridized carbons (Fsp3) is 0.368. The Morgan fingerprint density at radius 3 is 2.68 bits per heavy atom. The second-order valence-electron chi connectivity index (χ2n) is 6.59. The summed E-state index contributed by atoms with van der Waals surface area (Å²) >= 11 is 0. The predicted molar refractivity (Wildman–Crippen MR) is 92.3 cm³/mol. The van der Waals surface area contributed by atoms with Gasteiger partial charge in [-0.15, -0.1) is 0 Å².